The molecule has 2 aromatic rings. The van der Waals surface area contributed by atoms with Gasteiger partial charge >= 0.3 is 5.97 Å². The first-order chi connectivity index (χ1) is 15.4. The monoisotopic (exact) mass is 459 g/mol. The maximum Gasteiger partial charge on any atom is 0.316 e. The topological polar surface area (TPSA) is 102 Å². The summed E-state index contributed by atoms with van der Waals surface area (Å²) in [6.45, 7) is 4.25. The summed E-state index contributed by atoms with van der Waals surface area (Å²) in [6.07, 6.45) is 0. The van der Waals surface area contributed by atoms with Crippen molar-refractivity contribution in [3.05, 3.63) is 58.1 Å². The lowest BCUT2D eigenvalue weighted by molar-refractivity contribution is -0.387. The maximum absolute atomic E-state index is 13.0. The Balaban J connectivity index is 1.66. The number of anilines is 1. The van der Waals surface area contributed by atoms with Crippen LogP contribution in [0.2, 0.25) is 0 Å². The summed E-state index contributed by atoms with van der Waals surface area (Å²) in [5.41, 5.74) is 1.09. The number of ether oxygens (including phenoxy) is 2. The average Bonchev–Trinajstić information content (AvgIpc) is 2.82. The van der Waals surface area contributed by atoms with Gasteiger partial charge in [0, 0.05) is 49.6 Å². The number of nitro benzene ring substituents is 1. The number of benzene rings is 2. The molecule has 0 aliphatic carbocycles. The van der Waals surface area contributed by atoms with E-state index in [0.717, 1.165) is 23.2 Å². The van der Waals surface area contributed by atoms with E-state index in [-0.39, 0.29) is 29.5 Å². The molecule has 0 aromatic heterocycles. The molecule has 32 heavy (non-hydrogen) atoms. The number of piperazine rings is 1. The molecule has 0 atom stereocenters. The summed E-state index contributed by atoms with van der Waals surface area (Å²) in [4.78, 5) is 39.7. The van der Waals surface area contributed by atoms with Gasteiger partial charge in [0.05, 0.1) is 29.3 Å². The number of esters is 1. The van der Waals surface area contributed by atoms with E-state index >= 15 is 0 Å². The largest absolute Gasteiger partial charge is 0.497 e. The zero-order valence-corrected chi connectivity index (χ0v) is 18.8. The van der Waals surface area contributed by atoms with Crippen molar-refractivity contribution in [2.24, 2.45) is 0 Å². The summed E-state index contributed by atoms with van der Waals surface area (Å²) in [5, 5.41) is 11.5. The number of rotatable bonds is 8. The minimum Gasteiger partial charge on any atom is -0.497 e. The highest BCUT2D eigenvalue weighted by atomic mass is 32.2. The minimum absolute atomic E-state index is 0.0335. The highest BCUT2D eigenvalue weighted by molar-refractivity contribution is 8.00. The predicted molar refractivity (Wildman–Crippen MR) is 122 cm³/mol. The molecular formula is C22H25N3O6S. The second-order valence-corrected chi connectivity index (χ2v) is 8.03. The SMILES string of the molecule is CCOC(=O)CSc1ccc(C(=O)N2CCN(c3cccc(OC)c3)CC2)cc1[N+](=O)[O-]. The van der Waals surface area contributed by atoms with Gasteiger partial charge < -0.3 is 19.3 Å². The smallest absolute Gasteiger partial charge is 0.316 e. The summed E-state index contributed by atoms with van der Waals surface area (Å²) in [7, 11) is 1.62. The van der Waals surface area contributed by atoms with E-state index in [1.807, 2.05) is 24.3 Å². The Bertz CT molecular complexity index is 991. The van der Waals surface area contributed by atoms with Crippen LogP contribution in [0.15, 0.2) is 47.4 Å². The lowest BCUT2D eigenvalue weighted by Gasteiger charge is -2.36. The fraction of sp³-hybridized carbons (Fsp3) is 0.364. The van der Waals surface area contributed by atoms with E-state index in [1.54, 1.807) is 25.0 Å². The van der Waals surface area contributed by atoms with E-state index in [9.17, 15) is 19.7 Å². The molecule has 9 nitrogen and oxygen atoms in total. The van der Waals surface area contributed by atoms with Crippen molar-refractivity contribution in [1.29, 1.82) is 0 Å². The van der Waals surface area contributed by atoms with Crippen LogP contribution in [0, 0.1) is 10.1 Å². The highest BCUT2D eigenvalue weighted by Crippen LogP contribution is 2.31. The molecule has 0 N–H and O–H groups in total. The first kappa shape index (κ1) is 23.4. The van der Waals surface area contributed by atoms with E-state index < -0.39 is 10.9 Å². The Labute approximate surface area is 190 Å². The Morgan fingerprint density at radius 2 is 1.88 bits per heavy atom. The number of amides is 1. The van der Waals surface area contributed by atoms with E-state index in [2.05, 4.69) is 4.90 Å². The van der Waals surface area contributed by atoms with Gasteiger partial charge in [-0.3, -0.25) is 19.7 Å². The molecule has 3 rings (SSSR count). The molecule has 1 saturated heterocycles. The third-order valence-electron chi connectivity index (χ3n) is 5.04. The molecule has 0 radical (unpaired) electrons. The number of hydrogen-bond acceptors (Lipinski definition) is 8. The van der Waals surface area contributed by atoms with Crippen LogP contribution < -0.4 is 9.64 Å². The van der Waals surface area contributed by atoms with Crippen LogP contribution in [0.1, 0.15) is 17.3 Å². The van der Waals surface area contributed by atoms with Crippen molar-refractivity contribution in [3.63, 3.8) is 0 Å². The second kappa shape index (κ2) is 10.9. The molecule has 170 valence electrons. The van der Waals surface area contributed by atoms with Gasteiger partial charge in [-0.1, -0.05) is 6.07 Å². The number of carbonyl (C=O) groups is 2. The fourth-order valence-corrected chi connectivity index (χ4v) is 4.21. The molecule has 1 heterocycles. The number of carbonyl (C=O) groups excluding carboxylic acids is 2. The quantitative estimate of drug-likeness (QED) is 0.257. The van der Waals surface area contributed by atoms with E-state index in [4.69, 9.17) is 9.47 Å². The summed E-state index contributed by atoms with van der Waals surface area (Å²) < 4.78 is 10.1. The van der Waals surface area contributed by atoms with Crippen LogP contribution in [0.25, 0.3) is 0 Å². The molecule has 0 spiro atoms. The lowest BCUT2D eigenvalue weighted by Crippen LogP contribution is -2.48. The first-order valence-corrected chi connectivity index (χ1v) is 11.2. The zero-order chi connectivity index (χ0) is 23.1. The van der Waals surface area contributed by atoms with Crippen LogP contribution in [0.4, 0.5) is 11.4 Å². The van der Waals surface area contributed by atoms with Gasteiger partial charge in [0.2, 0.25) is 0 Å². The molecule has 1 aliphatic rings. The van der Waals surface area contributed by atoms with Crippen LogP contribution in [-0.2, 0) is 9.53 Å². The fourth-order valence-electron chi connectivity index (χ4n) is 3.41. The Morgan fingerprint density at radius 1 is 1.12 bits per heavy atom. The summed E-state index contributed by atoms with van der Waals surface area (Å²) in [6, 6.07) is 12.1. The Morgan fingerprint density at radius 3 is 2.53 bits per heavy atom. The van der Waals surface area contributed by atoms with Crippen molar-refractivity contribution in [3.8, 4) is 5.75 Å². The molecule has 1 fully saturated rings. The summed E-state index contributed by atoms with van der Waals surface area (Å²) in [5.74, 6) is 0.0456. The minimum atomic E-state index is -0.537. The van der Waals surface area contributed by atoms with Crippen molar-refractivity contribution in [1.82, 2.24) is 4.90 Å². The lowest BCUT2D eigenvalue weighted by atomic mass is 10.1. The molecule has 0 unspecified atom stereocenters. The van der Waals surface area contributed by atoms with E-state index in [0.29, 0.717) is 31.1 Å². The predicted octanol–water partition coefficient (Wildman–Crippen LogP) is 3.22. The van der Waals surface area contributed by atoms with Crippen LogP contribution in [0.3, 0.4) is 0 Å². The molecule has 1 amide bonds. The number of thioether (sulfide) groups is 1. The number of methoxy groups -OCH3 is 1. The average molecular weight is 460 g/mol. The third kappa shape index (κ3) is 5.70. The van der Waals surface area contributed by atoms with Gasteiger partial charge in [-0.05, 0) is 31.2 Å². The highest BCUT2D eigenvalue weighted by Gasteiger charge is 2.25. The maximum atomic E-state index is 13.0. The third-order valence-corrected chi connectivity index (χ3v) is 6.08. The Hall–Kier alpha value is -3.27. The van der Waals surface area contributed by atoms with Crippen molar-refractivity contribution in [2.75, 3.05) is 50.5 Å². The normalized spacial score (nSPS) is 13.6. The van der Waals surface area contributed by atoms with Crippen LogP contribution >= 0.6 is 11.8 Å². The van der Waals surface area contributed by atoms with Crippen molar-refractivity contribution in [2.45, 2.75) is 11.8 Å². The van der Waals surface area contributed by atoms with Gasteiger partial charge in [-0.2, -0.15) is 0 Å². The molecular weight excluding hydrogens is 434 g/mol. The van der Waals surface area contributed by atoms with Gasteiger partial charge in [-0.25, -0.2) is 0 Å². The molecule has 0 bridgehead atoms. The molecule has 10 heteroatoms. The van der Waals surface area contributed by atoms with Crippen LogP contribution in [0.5, 0.6) is 5.75 Å². The molecule has 1 aliphatic heterocycles. The van der Waals surface area contributed by atoms with Crippen LogP contribution in [-0.4, -0.2) is 67.3 Å². The van der Waals surface area contributed by atoms with E-state index in [1.165, 1.54) is 12.1 Å². The Kier molecular flexibility index (Phi) is 7.93. The number of hydrogen-bond donors (Lipinski definition) is 0. The second-order valence-electron chi connectivity index (χ2n) is 7.01. The van der Waals surface area contributed by atoms with Gasteiger partial charge in [0.25, 0.3) is 11.6 Å². The van der Waals surface area contributed by atoms with Gasteiger partial charge in [0.1, 0.15) is 5.75 Å². The first-order valence-electron chi connectivity index (χ1n) is 10.2. The van der Waals surface area contributed by atoms with Gasteiger partial charge in [-0.15, -0.1) is 11.8 Å². The summed E-state index contributed by atoms with van der Waals surface area (Å²) >= 11 is 1.02. The van der Waals surface area contributed by atoms with Crippen molar-refractivity contribution < 1.29 is 24.0 Å². The number of nitrogens with zero attached hydrogens (tertiary/aromatic N) is 3. The zero-order valence-electron chi connectivity index (χ0n) is 18.0. The molecule has 0 saturated carbocycles. The number of nitro groups is 1. The van der Waals surface area contributed by atoms with Crippen molar-refractivity contribution >= 4 is 35.0 Å². The van der Waals surface area contributed by atoms with Gasteiger partial charge in [0.15, 0.2) is 0 Å². The standard InChI is InChI=1S/C22H25N3O6S/c1-3-31-21(26)15-32-20-8-7-16(13-19(20)25(28)29)22(27)24-11-9-23(10-12-24)17-5-4-6-18(14-17)30-2/h4-8,13-14H,3,9-12,15H2,1-2H3. The molecule has 2 aromatic carbocycles.